The SMILES string of the molecule is CC(NC(=O)c1ccc(C(N)=O)cc1)c1ccc(Br)cc1. The molecule has 108 valence electrons. The van der Waals surface area contributed by atoms with Crippen molar-refractivity contribution < 1.29 is 9.59 Å². The van der Waals surface area contributed by atoms with Crippen LogP contribution in [0.2, 0.25) is 0 Å². The molecule has 0 saturated carbocycles. The third-order valence-electron chi connectivity index (χ3n) is 3.15. The van der Waals surface area contributed by atoms with Gasteiger partial charge in [0.25, 0.3) is 5.91 Å². The average molecular weight is 347 g/mol. The van der Waals surface area contributed by atoms with E-state index in [0.717, 1.165) is 10.0 Å². The van der Waals surface area contributed by atoms with E-state index in [1.165, 1.54) is 0 Å². The Balaban J connectivity index is 2.06. The van der Waals surface area contributed by atoms with Crippen molar-refractivity contribution in [3.63, 3.8) is 0 Å². The van der Waals surface area contributed by atoms with E-state index >= 15 is 0 Å². The van der Waals surface area contributed by atoms with Crippen molar-refractivity contribution in [2.24, 2.45) is 5.73 Å². The van der Waals surface area contributed by atoms with Crippen LogP contribution >= 0.6 is 15.9 Å². The molecule has 0 radical (unpaired) electrons. The molecule has 2 rings (SSSR count). The van der Waals surface area contributed by atoms with E-state index in [2.05, 4.69) is 21.2 Å². The van der Waals surface area contributed by atoms with Gasteiger partial charge in [-0.1, -0.05) is 28.1 Å². The zero-order valence-electron chi connectivity index (χ0n) is 11.5. The Morgan fingerprint density at radius 3 is 2.05 bits per heavy atom. The first kappa shape index (κ1) is 15.3. The van der Waals surface area contributed by atoms with Gasteiger partial charge in [-0.3, -0.25) is 9.59 Å². The van der Waals surface area contributed by atoms with Gasteiger partial charge in [0.1, 0.15) is 0 Å². The molecule has 0 aromatic heterocycles. The van der Waals surface area contributed by atoms with E-state index in [1.54, 1.807) is 24.3 Å². The van der Waals surface area contributed by atoms with Crippen LogP contribution in [0.4, 0.5) is 0 Å². The molecule has 0 heterocycles. The number of rotatable bonds is 4. The zero-order valence-corrected chi connectivity index (χ0v) is 13.1. The van der Waals surface area contributed by atoms with Gasteiger partial charge in [0, 0.05) is 15.6 Å². The molecule has 0 spiro atoms. The first-order chi connectivity index (χ1) is 9.97. The molecule has 5 heteroatoms. The number of benzene rings is 2. The van der Waals surface area contributed by atoms with Crippen LogP contribution in [-0.4, -0.2) is 11.8 Å². The molecule has 0 saturated heterocycles. The fourth-order valence-electron chi connectivity index (χ4n) is 1.90. The van der Waals surface area contributed by atoms with Gasteiger partial charge in [0.05, 0.1) is 6.04 Å². The van der Waals surface area contributed by atoms with Gasteiger partial charge in [-0.2, -0.15) is 0 Å². The molecule has 0 fully saturated rings. The normalized spacial score (nSPS) is 11.7. The predicted octanol–water partition coefficient (Wildman–Crippen LogP) is 3.04. The average Bonchev–Trinajstić information content (AvgIpc) is 2.47. The predicted molar refractivity (Wildman–Crippen MR) is 85.0 cm³/mol. The van der Waals surface area contributed by atoms with Gasteiger partial charge in [0.15, 0.2) is 0 Å². The highest BCUT2D eigenvalue weighted by molar-refractivity contribution is 9.10. The molecule has 1 unspecified atom stereocenters. The summed E-state index contributed by atoms with van der Waals surface area (Å²) in [6.45, 7) is 1.92. The zero-order chi connectivity index (χ0) is 15.4. The summed E-state index contributed by atoms with van der Waals surface area (Å²) in [6.07, 6.45) is 0. The number of carbonyl (C=O) groups is 2. The minimum Gasteiger partial charge on any atom is -0.366 e. The highest BCUT2D eigenvalue weighted by Crippen LogP contribution is 2.17. The van der Waals surface area contributed by atoms with Crippen LogP contribution in [0.15, 0.2) is 53.0 Å². The second-order valence-corrected chi connectivity index (χ2v) is 5.60. The van der Waals surface area contributed by atoms with E-state index in [0.29, 0.717) is 11.1 Å². The molecular formula is C16H15BrN2O2. The summed E-state index contributed by atoms with van der Waals surface area (Å²) in [7, 11) is 0. The molecule has 0 bridgehead atoms. The van der Waals surface area contributed by atoms with Gasteiger partial charge < -0.3 is 11.1 Å². The van der Waals surface area contributed by atoms with Gasteiger partial charge in [-0.15, -0.1) is 0 Å². The summed E-state index contributed by atoms with van der Waals surface area (Å²) in [5.74, 6) is -0.702. The Morgan fingerprint density at radius 2 is 1.52 bits per heavy atom. The van der Waals surface area contributed by atoms with Crippen molar-refractivity contribution in [1.82, 2.24) is 5.32 Å². The fourth-order valence-corrected chi connectivity index (χ4v) is 2.16. The smallest absolute Gasteiger partial charge is 0.251 e. The summed E-state index contributed by atoms with van der Waals surface area (Å²) in [5.41, 5.74) is 7.05. The highest BCUT2D eigenvalue weighted by Gasteiger charge is 2.11. The third kappa shape index (κ3) is 3.92. The summed E-state index contributed by atoms with van der Waals surface area (Å²) in [4.78, 5) is 23.1. The molecule has 3 N–H and O–H groups in total. The molecule has 4 nitrogen and oxygen atoms in total. The molecule has 0 aliphatic rings. The first-order valence-corrected chi connectivity index (χ1v) is 7.23. The number of hydrogen-bond acceptors (Lipinski definition) is 2. The summed E-state index contributed by atoms with van der Waals surface area (Å²) < 4.78 is 0.992. The maximum Gasteiger partial charge on any atom is 0.251 e. The van der Waals surface area contributed by atoms with Crippen molar-refractivity contribution in [2.45, 2.75) is 13.0 Å². The Morgan fingerprint density at radius 1 is 1.00 bits per heavy atom. The molecular weight excluding hydrogens is 332 g/mol. The van der Waals surface area contributed by atoms with Gasteiger partial charge in [-0.05, 0) is 48.9 Å². The lowest BCUT2D eigenvalue weighted by molar-refractivity contribution is 0.0937. The van der Waals surface area contributed by atoms with Crippen LogP contribution < -0.4 is 11.1 Å². The summed E-state index contributed by atoms with van der Waals surface area (Å²) >= 11 is 3.38. The number of nitrogens with two attached hydrogens (primary N) is 1. The Labute approximate surface area is 131 Å². The van der Waals surface area contributed by atoms with Crippen molar-refractivity contribution in [3.8, 4) is 0 Å². The molecule has 2 amide bonds. The molecule has 0 aliphatic carbocycles. The monoisotopic (exact) mass is 346 g/mol. The molecule has 0 aliphatic heterocycles. The van der Waals surface area contributed by atoms with E-state index in [1.807, 2.05) is 31.2 Å². The van der Waals surface area contributed by atoms with Gasteiger partial charge >= 0.3 is 0 Å². The van der Waals surface area contributed by atoms with Crippen molar-refractivity contribution in [3.05, 3.63) is 69.7 Å². The first-order valence-electron chi connectivity index (χ1n) is 6.43. The Hall–Kier alpha value is -2.14. The van der Waals surface area contributed by atoms with E-state index in [-0.39, 0.29) is 11.9 Å². The van der Waals surface area contributed by atoms with Crippen LogP contribution in [0.25, 0.3) is 0 Å². The third-order valence-corrected chi connectivity index (χ3v) is 3.68. The van der Waals surface area contributed by atoms with E-state index < -0.39 is 5.91 Å². The second kappa shape index (κ2) is 6.54. The lowest BCUT2D eigenvalue weighted by Gasteiger charge is -2.14. The molecule has 1 atom stereocenters. The van der Waals surface area contributed by atoms with Gasteiger partial charge in [0.2, 0.25) is 5.91 Å². The topological polar surface area (TPSA) is 72.2 Å². The summed E-state index contributed by atoms with van der Waals surface area (Å²) in [6, 6.07) is 13.9. The van der Waals surface area contributed by atoms with E-state index in [4.69, 9.17) is 5.73 Å². The largest absolute Gasteiger partial charge is 0.366 e. The molecule has 21 heavy (non-hydrogen) atoms. The van der Waals surface area contributed by atoms with Crippen LogP contribution in [0.3, 0.4) is 0 Å². The van der Waals surface area contributed by atoms with Crippen LogP contribution in [0.1, 0.15) is 39.2 Å². The Bertz CT molecular complexity index is 651. The standard InChI is InChI=1S/C16H15BrN2O2/c1-10(11-6-8-14(17)9-7-11)19-16(21)13-4-2-12(3-5-13)15(18)20/h2-10H,1H3,(H2,18,20)(H,19,21). The minimum absolute atomic E-state index is 0.110. The van der Waals surface area contributed by atoms with Crippen molar-refractivity contribution >= 4 is 27.7 Å². The fraction of sp³-hybridized carbons (Fsp3) is 0.125. The molecule has 2 aromatic rings. The second-order valence-electron chi connectivity index (χ2n) is 4.69. The summed E-state index contributed by atoms with van der Waals surface area (Å²) in [5, 5.41) is 2.91. The number of amides is 2. The van der Waals surface area contributed by atoms with Crippen molar-refractivity contribution in [2.75, 3.05) is 0 Å². The van der Waals surface area contributed by atoms with Crippen LogP contribution in [0.5, 0.6) is 0 Å². The maximum atomic E-state index is 12.1. The minimum atomic E-state index is -0.509. The quantitative estimate of drug-likeness (QED) is 0.892. The lowest BCUT2D eigenvalue weighted by Crippen LogP contribution is -2.26. The highest BCUT2D eigenvalue weighted by atomic mass is 79.9. The van der Waals surface area contributed by atoms with Crippen molar-refractivity contribution in [1.29, 1.82) is 0 Å². The number of halogens is 1. The Kier molecular flexibility index (Phi) is 4.75. The number of primary amides is 1. The maximum absolute atomic E-state index is 12.1. The number of nitrogens with one attached hydrogen (secondary N) is 1. The lowest BCUT2D eigenvalue weighted by atomic mass is 10.1. The van der Waals surface area contributed by atoms with Crippen LogP contribution in [0, 0.1) is 0 Å². The van der Waals surface area contributed by atoms with Gasteiger partial charge in [-0.25, -0.2) is 0 Å². The van der Waals surface area contributed by atoms with Crippen LogP contribution in [-0.2, 0) is 0 Å². The van der Waals surface area contributed by atoms with E-state index in [9.17, 15) is 9.59 Å². The number of carbonyl (C=O) groups excluding carboxylic acids is 2. The molecule has 2 aromatic carbocycles. The number of hydrogen-bond donors (Lipinski definition) is 2.